The van der Waals surface area contributed by atoms with Crippen LogP contribution < -0.4 is 14.8 Å². The molecule has 6 heteroatoms. The minimum atomic E-state index is -0.526. The van der Waals surface area contributed by atoms with Crippen LogP contribution in [0.5, 0.6) is 11.5 Å². The van der Waals surface area contributed by atoms with Gasteiger partial charge in [-0.15, -0.1) is 0 Å². The number of hydrogen-bond acceptors (Lipinski definition) is 6. The molecule has 166 valence electrons. The largest absolute Gasteiger partial charge is 0.493 e. The summed E-state index contributed by atoms with van der Waals surface area (Å²) in [5.74, 6) is 0.219. The van der Waals surface area contributed by atoms with Gasteiger partial charge < -0.3 is 19.5 Å². The van der Waals surface area contributed by atoms with E-state index in [1.54, 1.807) is 20.3 Å². The number of allylic oxidation sites excluding steroid dienone is 3. The summed E-state index contributed by atoms with van der Waals surface area (Å²) in [6.45, 7) is 2.02. The topological polar surface area (TPSA) is 73.9 Å². The van der Waals surface area contributed by atoms with Crippen molar-refractivity contribution in [2.24, 2.45) is 0 Å². The Kier molecular flexibility index (Phi) is 6.30. The van der Waals surface area contributed by atoms with Crippen LogP contribution in [0.15, 0.2) is 71.1 Å². The summed E-state index contributed by atoms with van der Waals surface area (Å²) in [5, 5.41) is 3.31. The molecule has 0 radical (unpaired) electrons. The van der Waals surface area contributed by atoms with Crippen LogP contribution in [0.1, 0.15) is 43.2 Å². The van der Waals surface area contributed by atoms with E-state index in [1.807, 2.05) is 49.4 Å². The molecule has 0 spiro atoms. The maximum atomic E-state index is 13.3. The maximum Gasteiger partial charge on any atom is 0.337 e. The molecule has 0 aromatic heterocycles. The lowest BCUT2D eigenvalue weighted by atomic mass is 9.75. The number of rotatable bonds is 6. The van der Waals surface area contributed by atoms with E-state index in [1.165, 1.54) is 0 Å². The van der Waals surface area contributed by atoms with Crippen LogP contribution in [-0.2, 0) is 20.9 Å². The average molecular weight is 434 g/mol. The third kappa shape index (κ3) is 4.13. The number of ketones is 1. The smallest absolute Gasteiger partial charge is 0.337 e. The van der Waals surface area contributed by atoms with E-state index in [9.17, 15) is 9.59 Å². The summed E-state index contributed by atoms with van der Waals surface area (Å²) < 4.78 is 16.5. The number of carbonyl (C=O) groups excluding carboxylic acids is 2. The van der Waals surface area contributed by atoms with Gasteiger partial charge in [0, 0.05) is 29.3 Å². The number of nitrogens with one attached hydrogen (secondary N) is 1. The second-order valence-corrected chi connectivity index (χ2v) is 7.94. The van der Waals surface area contributed by atoms with Crippen LogP contribution in [-0.4, -0.2) is 26.0 Å². The summed E-state index contributed by atoms with van der Waals surface area (Å²) in [5.41, 5.74) is 4.37. The van der Waals surface area contributed by atoms with E-state index in [-0.39, 0.29) is 12.4 Å². The molecule has 1 atom stereocenters. The summed E-state index contributed by atoms with van der Waals surface area (Å²) in [4.78, 5) is 26.3. The van der Waals surface area contributed by atoms with Gasteiger partial charge in [-0.1, -0.05) is 36.4 Å². The number of esters is 1. The number of hydrogen-bond donors (Lipinski definition) is 1. The Labute approximate surface area is 187 Å². The molecule has 1 heterocycles. The number of dihydropyridines is 1. The molecular formula is C26H27NO5. The normalized spacial score (nSPS) is 18.1. The van der Waals surface area contributed by atoms with Crippen molar-refractivity contribution >= 4 is 11.8 Å². The molecule has 0 amide bonds. The molecule has 4 rings (SSSR count). The number of methoxy groups -OCH3 is 2. The zero-order valence-corrected chi connectivity index (χ0v) is 18.6. The van der Waals surface area contributed by atoms with Crippen LogP contribution in [0.2, 0.25) is 0 Å². The Hall–Kier alpha value is -3.54. The summed E-state index contributed by atoms with van der Waals surface area (Å²) in [6.07, 6.45) is 2.04. The van der Waals surface area contributed by atoms with Gasteiger partial charge in [0.05, 0.1) is 19.8 Å². The predicted molar refractivity (Wildman–Crippen MR) is 120 cm³/mol. The first kappa shape index (κ1) is 21.7. The third-order valence-corrected chi connectivity index (χ3v) is 5.95. The van der Waals surface area contributed by atoms with Crippen molar-refractivity contribution < 1.29 is 23.8 Å². The Balaban J connectivity index is 1.75. The van der Waals surface area contributed by atoms with Gasteiger partial charge in [0.15, 0.2) is 17.3 Å². The molecule has 1 N–H and O–H groups in total. The zero-order chi connectivity index (χ0) is 22.7. The summed E-state index contributed by atoms with van der Waals surface area (Å²) >= 11 is 0. The SMILES string of the molecule is COc1ccc([C@@H]2C(C(=O)OCc3ccccc3)=C(C)NC3=C2C(=O)CCC3)cc1OC. The van der Waals surface area contributed by atoms with Gasteiger partial charge in [-0.25, -0.2) is 4.79 Å². The van der Waals surface area contributed by atoms with Crippen molar-refractivity contribution in [2.45, 2.75) is 38.7 Å². The molecule has 0 bridgehead atoms. The van der Waals surface area contributed by atoms with E-state index in [0.29, 0.717) is 34.8 Å². The third-order valence-electron chi connectivity index (χ3n) is 5.95. The monoisotopic (exact) mass is 433 g/mol. The fourth-order valence-electron chi connectivity index (χ4n) is 4.42. The van der Waals surface area contributed by atoms with Crippen LogP contribution >= 0.6 is 0 Å². The molecule has 1 aliphatic heterocycles. The van der Waals surface area contributed by atoms with E-state index in [0.717, 1.165) is 29.7 Å². The number of Topliss-reactive ketones (excluding diaryl/α,β-unsaturated/α-hetero) is 1. The van der Waals surface area contributed by atoms with E-state index >= 15 is 0 Å². The van der Waals surface area contributed by atoms with Crippen molar-refractivity contribution in [1.29, 1.82) is 0 Å². The lowest BCUT2D eigenvalue weighted by Crippen LogP contribution is -2.34. The molecule has 0 unspecified atom stereocenters. The first-order valence-electron chi connectivity index (χ1n) is 10.7. The molecule has 2 aliphatic rings. The fourth-order valence-corrected chi connectivity index (χ4v) is 4.42. The maximum absolute atomic E-state index is 13.3. The van der Waals surface area contributed by atoms with Crippen LogP contribution in [0, 0.1) is 0 Å². The molecule has 0 saturated carbocycles. The first-order chi connectivity index (χ1) is 15.5. The summed E-state index contributed by atoms with van der Waals surface area (Å²) in [6, 6.07) is 15.0. The Morgan fingerprint density at radius 2 is 1.78 bits per heavy atom. The van der Waals surface area contributed by atoms with E-state index < -0.39 is 11.9 Å². The fraction of sp³-hybridized carbons (Fsp3) is 0.308. The first-order valence-corrected chi connectivity index (χ1v) is 10.7. The molecule has 0 saturated heterocycles. The summed E-state index contributed by atoms with van der Waals surface area (Å²) in [7, 11) is 3.14. The quantitative estimate of drug-likeness (QED) is 0.680. The van der Waals surface area contributed by atoms with Gasteiger partial charge in [-0.2, -0.15) is 0 Å². The average Bonchev–Trinajstić information content (AvgIpc) is 2.82. The van der Waals surface area contributed by atoms with Crippen LogP contribution in [0.4, 0.5) is 0 Å². The number of benzene rings is 2. The predicted octanol–water partition coefficient (Wildman–Crippen LogP) is 4.42. The molecule has 0 fully saturated rings. The van der Waals surface area contributed by atoms with Gasteiger partial charge in [0.2, 0.25) is 0 Å². The second-order valence-electron chi connectivity index (χ2n) is 7.94. The van der Waals surface area contributed by atoms with Crippen molar-refractivity contribution in [1.82, 2.24) is 5.32 Å². The highest BCUT2D eigenvalue weighted by molar-refractivity contribution is 6.03. The van der Waals surface area contributed by atoms with E-state index in [4.69, 9.17) is 14.2 Å². The van der Waals surface area contributed by atoms with Gasteiger partial charge in [-0.05, 0) is 43.0 Å². The highest BCUT2D eigenvalue weighted by Crippen LogP contribution is 2.44. The van der Waals surface area contributed by atoms with Gasteiger partial charge in [0.25, 0.3) is 0 Å². The lowest BCUT2D eigenvalue weighted by molar-refractivity contribution is -0.140. The molecule has 2 aromatic rings. The van der Waals surface area contributed by atoms with Gasteiger partial charge >= 0.3 is 5.97 Å². The minimum absolute atomic E-state index is 0.0550. The number of ether oxygens (including phenoxy) is 3. The molecule has 2 aromatic carbocycles. The Bertz CT molecular complexity index is 1100. The van der Waals surface area contributed by atoms with E-state index in [2.05, 4.69) is 5.32 Å². The van der Waals surface area contributed by atoms with Crippen LogP contribution in [0.3, 0.4) is 0 Å². The highest BCUT2D eigenvalue weighted by atomic mass is 16.5. The Morgan fingerprint density at radius 1 is 1.03 bits per heavy atom. The molecular weight excluding hydrogens is 406 g/mol. The zero-order valence-electron chi connectivity index (χ0n) is 18.6. The van der Waals surface area contributed by atoms with Crippen molar-refractivity contribution in [3.63, 3.8) is 0 Å². The lowest BCUT2D eigenvalue weighted by Gasteiger charge is -2.34. The molecule has 6 nitrogen and oxygen atoms in total. The van der Waals surface area contributed by atoms with Crippen molar-refractivity contribution in [3.8, 4) is 11.5 Å². The Morgan fingerprint density at radius 3 is 2.50 bits per heavy atom. The van der Waals surface area contributed by atoms with Gasteiger partial charge in [0.1, 0.15) is 6.61 Å². The number of carbonyl (C=O) groups is 2. The van der Waals surface area contributed by atoms with Crippen molar-refractivity contribution in [2.75, 3.05) is 14.2 Å². The van der Waals surface area contributed by atoms with Crippen molar-refractivity contribution in [3.05, 3.63) is 82.2 Å². The highest BCUT2D eigenvalue weighted by Gasteiger charge is 2.39. The molecule has 32 heavy (non-hydrogen) atoms. The molecule has 1 aliphatic carbocycles. The van der Waals surface area contributed by atoms with Crippen LogP contribution in [0.25, 0.3) is 0 Å². The minimum Gasteiger partial charge on any atom is -0.493 e. The van der Waals surface area contributed by atoms with Gasteiger partial charge in [-0.3, -0.25) is 4.79 Å². The second kappa shape index (κ2) is 9.30. The standard InChI is InChI=1S/C26H27NO5/c1-16-23(26(29)32-15-17-8-5-4-6-9-17)24(25-19(27-16)10-7-11-20(25)28)18-12-13-21(30-2)22(14-18)31-3/h4-6,8-9,12-14,24,27H,7,10-11,15H2,1-3H3/t24-/m1/s1.